The first-order valence-electron chi connectivity index (χ1n) is 8.37. The number of ether oxygens (including phenoxy) is 1. The van der Waals surface area contributed by atoms with E-state index in [0.717, 1.165) is 5.56 Å². The Morgan fingerprint density at radius 1 is 1.14 bits per heavy atom. The summed E-state index contributed by atoms with van der Waals surface area (Å²) in [6.07, 6.45) is 1.60. The van der Waals surface area contributed by atoms with Crippen molar-refractivity contribution in [2.45, 2.75) is 6.54 Å². The smallest absolute Gasteiger partial charge is 0.271 e. The van der Waals surface area contributed by atoms with Crippen molar-refractivity contribution in [3.05, 3.63) is 98.5 Å². The third-order valence-electron chi connectivity index (χ3n) is 4.10. The maximum Gasteiger partial charge on any atom is 0.271 e. The van der Waals surface area contributed by atoms with Crippen molar-refractivity contribution in [2.75, 3.05) is 12.4 Å². The summed E-state index contributed by atoms with van der Waals surface area (Å²) in [7, 11) is 1.38. The number of benzene rings is 2. The average Bonchev–Trinajstić information content (AvgIpc) is 2.70. The van der Waals surface area contributed by atoms with Crippen LogP contribution in [0.3, 0.4) is 0 Å². The number of carbonyl (C=O) groups excluding carboxylic acids is 1. The highest BCUT2D eigenvalue weighted by Gasteiger charge is 2.17. The molecule has 142 valence electrons. The second-order valence-corrected chi connectivity index (χ2v) is 5.94. The molecule has 1 heterocycles. The highest BCUT2D eigenvalue weighted by molar-refractivity contribution is 6.05. The standard InChI is InChI=1S/C20H17N3O5/c1-28-18-10-9-15(23(26)27)12-17(18)21-19(24)16-8-5-11-22(20(16)25)13-14-6-3-2-4-7-14/h2-12H,13H2,1H3,(H,21,24). The summed E-state index contributed by atoms with van der Waals surface area (Å²) in [6, 6.07) is 16.2. The Balaban J connectivity index is 1.90. The van der Waals surface area contributed by atoms with E-state index in [2.05, 4.69) is 5.32 Å². The van der Waals surface area contributed by atoms with Gasteiger partial charge >= 0.3 is 0 Å². The van der Waals surface area contributed by atoms with Gasteiger partial charge in [0.15, 0.2) is 0 Å². The molecule has 0 aliphatic carbocycles. The predicted octanol–water partition coefficient (Wildman–Crippen LogP) is 3.07. The second-order valence-electron chi connectivity index (χ2n) is 5.94. The molecule has 28 heavy (non-hydrogen) atoms. The lowest BCUT2D eigenvalue weighted by Crippen LogP contribution is -2.29. The van der Waals surface area contributed by atoms with Gasteiger partial charge in [-0.25, -0.2) is 0 Å². The highest BCUT2D eigenvalue weighted by Crippen LogP contribution is 2.29. The molecule has 0 saturated carbocycles. The second kappa shape index (κ2) is 8.17. The van der Waals surface area contributed by atoms with Crippen LogP contribution in [-0.2, 0) is 6.54 Å². The number of nitrogens with one attached hydrogen (secondary N) is 1. The van der Waals surface area contributed by atoms with E-state index in [4.69, 9.17) is 4.74 Å². The Kier molecular flexibility index (Phi) is 5.50. The van der Waals surface area contributed by atoms with Crippen LogP contribution in [0, 0.1) is 10.1 Å². The van der Waals surface area contributed by atoms with Gasteiger partial charge in [0.2, 0.25) is 0 Å². The van der Waals surface area contributed by atoms with Gasteiger partial charge in [-0.1, -0.05) is 30.3 Å². The first kappa shape index (κ1) is 18.8. The third-order valence-corrected chi connectivity index (χ3v) is 4.10. The summed E-state index contributed by atoms with van der Waals surface area (Å²) in [5, 5.41) is 13.5. The van der Waals surface area contributed by atoms with Crippen LogP contribution in [0.2, 0.25) is 0 Å². The number of amides is 1. The number of anilines is 1. The molecule has 8 heteroatoms. The molecule has 8 nitrogen and oxygen atoms in total. The molecule has 0 atom stereocenters. The van der Waals surface area contributed by atoms with E-state index in [1.807, 2.05) is 30.3 Å². The molecule has 0 unspecified atom stereocenters. The first-order chi connectivity index (χ1) is 13.5. The van der Waals surface area contributed by atoms with E-state index in [1.54, 1.807) is 12.3 Å². The molecule has 3 rings (SSSR count). The fraction of sp³-hybridized carbons (Fsp3) is 0.100. The molecule has 0 spiro atoms. The van der Waals surface area contributed by atoms with Crippen molar-refractivity contribution in [1.29, 1.82) is 0 Å². The van der Waals surface area contributed by atoms with E-state index in [-0.39, 0.29) is 22.7 Å². The molecule has 0 bridgehead atoms. The van der Waals surface area contributed by atoms with Gasteiger partial charge in [0, 0.05) is 18.3 Å². The van der Waals surface area contributed by atoms with Gasteiger partial charge in [-0.3, -0.25) is 19.7 Å². The summed E-state index contributed by atoms with van der Waals surface area (Å²) in [5.74, 6) is -0.425. The lowest BCUT2D eigenvalue weighted by molar-refractivity contribution is -0.384. The van der Waals surface area contributed by atoms with Crippen molar-refractivity contribution >= 4 is 17.3 Å². The van der Waals surface area contributed by atoms with E-state index in [1.165, 1.54) is 35.9 Å². The van der Waals surface area contributed by atoms with Crippen molar-refractivity contribution in [3.63, 3.8) is 0 Å². The zero-order valence-electron chi connectivity index (χ0n) is 15.0. The van der Waals surface area contributed by atoms with Crippen LogP contribution in [-0.4, -0.2) is 22.5 Å². The van der Waals surface area contributed by atoms with E-state index in [9.17, 15) is 19.7 Å². The van der Waals surface area contributed by atoms with Crippen LogP contribution in [0.1, 0.15) is 15.9 Å². The summed E-state index contributed by atoms with van der Waals surface area (Å²) in [5.41, 5.74) is 0.285. The highest BCUT2D eigenvalue weighted by atomic mass is 16.6. The molecule has 0 aliphatic rings. The topological polar surface area (TPSA) is 103 Å². The predicted molar refractivity (Wildman–Crippen MR) is 104 cm³/mol. The Morgan fingerprint density at radius 2 is 1.89 bits per heavy atom. The molecule has 1 aromatic heterocycles. The van der Waals surface area contributed by atoms with Crippen LogP contribution in [0.25, 0.3) is 0 Å². The van der Waals surface area contributed by atoms with Gasteiger partial charge in [0.1, 0.15) is 11.3 Å². The SMILES string of the molecule is COc1ccc([N+](=O)[O-])cc1NC(=O)c1cccn(Cc2ccccc2)c1=O. The number of nitro groups is 1. The van der Waals surface area contributed by atoms with Crippen LogP contribution < -0.4 is 15.6 Å². The number of pyridine rings is 1. The van der Waals surface area contributed by atoms with Gasteiger partial charge in [0.05, 0.1) is 24.3 Å². The number of rotatable bonds is 6. The molecule has 1 N–H and O–H groups in total. The fourth-order valence-corrected chi connectivity index (χ4v) is 2.71. The fourth-order valence-electron chi connectivity index (χ4n) is 2.71. The van der Waals surface area contributed by atoms with Crippen LogP contribution in [0.15, 0.2) is 71.7 Å². The number of aromatic nitrogens is 1. The number of hydrogen-bond donors (Lipinski definition) is 1. The monoisotopic (exact) mass is 379 g/mol. The normalized spacial score (nSPS) is 10.3. The summed E-state index contributed by atoms with van der Waals surface area (Å²) in [4.78, 5) is 35.7. The minimum atomic E-state index is -0.675. The number of nitro benzene ring substituents is 1. The van der Waals surface area contributed by atoms with Crippen molar-refractivity contribution in [2.24, 2.45) is 0 Å². The Hall–Kier alpha value is -3.94. The number of nitrogens with zero attached hydrogens (tertiary/aromatic N) is 2. The number of non-ortho nitro benzene ring substituents is 1. The lowest BCUT2D eigenvalue weighted by atomic mass is 10.2. The zero-order chi connectivity index (χ0) is 20.1. The van der Waals surface area contributed by atoms with Gasteiger partial charge in [-0.15, -0.1) is 0 Å². The van der Waals surface area contributed by atoms with E-state index < -0.39 is 16.4 Å². The van der Waals surface area contributed by atoms with Gasteiger partial charge in [-0.2, -0.15) is 0 Å². The Morgan fingerprint density at radius 3 is 2.57 bits per heavy atom. The van der Waals surface area contributed by atoms with Crippen LogP contribution in [0.4, 0.5) is 11.4 Å². The van der Waals surface area contributed by atoms with Crippen LogP contribution >= 0.6 is 0 Å². The largest absolute Gasteiger partial charge is 0.495 e. The van der Waals surface area contributed by atoms with E-state index in [0.29, 0.717) is 6.54 Å². The Bertz CT molecular complexity index is 1080. The summed E-state index contributed by atoms with van der Waals surface area (Å²) in [6.45, 7) is 0.320. The number of carbonyl (C=O) groups is 1. The average molecular weight is 379 g/mol. The van der Waals surface area contributed by atoms with Crippen molar-refractivity contribution in [3.8, 4) is 5.75 Å². The third kappa shape index (κ3) is 4.07. The molecule has 2 aromatic carbocycles. The number of hydrogen-bond acceptors (Lipinski definition) is 5. The van der Waals surface area contributed by atoms with Crippen LogP contribution in [0.5, 0.6) is 5.75 Å². The summed E-state index contributed by atoms with van der Waals surface area (Å²) >= 11 is 0. The molecular weight excluding hydrogens is 362 g/mol. The molecule has 3 aromatic rings. The first-order valence-corrected chi connectivity index (χ1v) is 8.37. The van der Waals surface area contributed by atoms with Crippen molar-refractivity contribution in [1.82, 2.24) is 4.57 Å². The molecule has 0 fully saturated rings. The quantitative estimate of drug-likeness (QED) is 0.524. The molecule has 0 saturated heterocycles. The minimum absolute atomic E-state index is 0.0769. The zero-order valence-corrected chi connectivity index (χ0v) is 15.0. The number of methoxy groups -OCH3 is 1. The van der Waals surface area contributed by atoms with Gasteiger partial charge in [0.25, 0.3) is 17.2 Å². The molecule has 0 radical (unpaired) electrons. The maximum absolute atomic E-state index is 12.7. The minimum Gasteiger partial charge on any atom is -0.495 e. The van der Waals surface area contributed by atoms with Gasteiger partial charge < -0.3 is 14.6 Å². The lowest BCUT2D eigenvalue weighted by Gasteiger charge is -2.11. The summed E-state index contributed by atoms with van der Waals surface area (Å²) < 4.78 is 6.55. The maximum atomic E-state index is 12.7. The molecule has 0 aliphatic heterocycles. The van der Waals surface area contributed by atoms with Crippen molar-refractivity contribution < 1.29 is 14.5 Å². The molecule has 1 amide bonds. The van der Waals surface area contributed by atoms with Gasteiger partial charge in [-0.05, 0) is 23.8 Å². The molecular formula is C20H17N3O5. The Labute approximate surface area is 160 Å². The van der Waals surface area contributed by atoms with E-state index >= 15 is 0 Å².